The Morgan fingerprint density at radius 2 is 1.74 bits per heavy atom. The fourth-order valence-electron chi connectivity index (χ4n) is 1.43. The average Bonchev–Trinajstić information content (AvgIpc) is 2.43. The number of halogens is 3. The molecule has 0 aromatic heterocycles. The molecule has 19 heavy (non-hydrogen) atoms. The van der Waals surface area contributed by atoms with Crippen LogP contribution in [-0.2, 0) is 0 Å². The number of hydrogen-bond acceptors (Lipinski definition) is 3. The van der Waals surface area contributed by atoms with E-state index in [9.17, 15) is 5.11 Å². The highest BCUT2D eigenvalue weighted by Gasteiger charge is 2.13. The first-order chi connectivity index (χ1) is 9.09. The number of aromatic hydroxyl groups is 1. The van der Waals surface area contributed by atoms with Gasteiger partial charge in [-0.3, -0.25) is 0 Å². The number of phenolic OH excluding ortho intramolecular Hbond substituents is 1. The van der Waals surface area contributed by atoms with Crippen LogP contribution in [0.5, 0.6) is 11.5 Å². The number of para-hydroxylation sites is 1. The van der Waals surface area contributed by atoms with Crippen LogP contribution < -0.4 is 10.1 Å². The molecule has 100 valence electrons. The van der Waals surface area contributed by atoms with E-state index in [1.165, 1.54) is 6.07 Å². The van der Waals surface area contributed by atoms with E-state index in [0.717, 1.165) is 0 Å². The van der Waals surface area contributed by atoms with Crippen LogP contribution in [0.2, 0.25) is 15.1 Å². The van der Waals surface area contributed by atoms with Gasteiger partial charge in [-0.25, -0.2) is 0 Å². The van der Waals surface area contributed by atoms with Crippen molar-refractivity contribution >= 4 is 40.5 Å². The third kappa shape index (κ3) is 3.38. The predicted octanol–water partition coefficient (Wildman–Crippen LogP) is 4.80. The SMILES string of the molecule is Oc1c(NCOc2ccccc2)cc(Cl)c(Cl)c1Cl. The summed E-state index contributed by atoms with van der Waals surface area (Å²) in [6.45, 7) is 0.159. The quantitative estimate of drug-likeness (QED) is 0.483. The summed E-state index contributed by atoms with van der Waals surface area (Å²) < 4.78 is 5.43. The normalized spacial score (nSPS) is 10.3. The van der Waals surface area contributed by atoms with E-state index in [0.29, 0.717) is 11.4 Å². The molecule has 2 rings (SSSR count). The number of phenols is 1. The summed E-state index contributed by atoms with van der Waals surface area (Å²) >= 11 is 17.5. The van der Waals surface area contributed by atoms with Crippen molar-refractivity contribution in [3.05, 3.63) is 51.5 Å². The standard InChI is InChI=1S/C13H10Cl3NO2/c14-9-6-10(13(18)12(16)11(9)15)17-7-19-8-4-2-1-3-5-8/h1-6,17-18H,7H2. The Labute approximate surface area is 125 Å². The van der Waals surface area contributed by atoms with Gasteiger partial charge in [0.25, 0.3) is 0 Å². The van der Waals surface area contributed by atoms with Gasteiger partial charge in [0.1, 0.15) is 10.8 Å². The van der Waals surface area contributed by atoms with E-state index in [1.54, 1.807) is 0 Å². The highest BCUT2D eigenvalue weighted by atomic mass is 35.5. The molecule has 2 N–H and O–H groups in total. The van der Waals surface area contributed by atoms with Crippen molar-refractivity contribution in [2.45, 2.75) is 0 Å². The molecule has 0 radical (unpaired) electrons. The molecule has 0 aliphatic rings. The van der Waals surface area contributed by atoms with E-state index in [-0.39, 0.29) is 27.5 Å². The minimum absolute atomic E-state index is 0.0105. The first-order valence-corrected chi connectivity index (χ1v) is 6.51. The van der Waals surface area contributed by atoms with Gasteiger partial charge in [-0.15, -0.1) is 0 Å². The largest absolute Gasteiger partial charge is 0.504 e. The Hall–Kier alpha value is -1.29. The minimum Gasteiger partial charge on any atom is -0.504 e. The Balaban J connectivity index is 2.04. The Bertz CT molecular complexity index is 576. The third-order valence-corrected chi connectivity index (χ3v) is 3.63. The third-order valence-electron chi connectivity index (χ3n) is 2.38. The Morgan fingerprint density at radius 3 is 2.42 bits per heavy atom. The van der Waals surface area contributed by atoms with Crippen molar-refractivity contribution in [2.24, 2.45) is 0 Å². The molecule has 0 atom stereocenters. The minimum atomic E-state index is -0.160. The summed E-state index contributed by atoms with van der Waals surface area (Å²) in [5.41, 5.74) is 0.357. The zero-order valence-electron chi connectivity index (χ0n) is 9.66. The molecular formula is C13H10Cl3NO2. The zero-order valence-corrected chi connectivity index (χ0v) is 11.9. The van der Waals surface area contributed by atoms with E-state index in [2.05, 4.69) is 5.32 Å². The molecular weight excluding hydrogens is 309 g/mol. The lowest BCUT2D eigenvalue weighted by Gasteiger charge is -2.12. The van der Waals surface area contributed by atoms with Crippen molar-refractivity contribution < 1.29 is 9.84 Å². The molecule has 0 saturated carbocycles. The van der Waals surface area contributed by atoms with Gasteiger partial charge >= 0.3 is 0 Å². The van der Waals surface area contributed by atoms with Gasteiger partial charge in [0, 0.05) is 0 Å². The molecule has 0 aliphatic carbocycles. The topological polar surface area (TPSA) is 41.5 Å². The lowest BCUT2D eigenvalue weighted by Crippen LogP contribution is -2.09. The van der Waals surface area contributed by atoms with E-state index in [1.807, 2.05) is 30.3 Å². The van der Waals surface area contributed by atoms with Gasteiger partial charge < -0.3 is 15.2 Å². The molecule has 0 unspecified atom stereocenters. The van der Waals surface area contributed by atoms with Crippen molar-refractivity contribution in [1.82, 2.24) is 0 Å². The summed E-state index contributed by atoms with van der Waals surface area (Å²) in [6.07, 6.45) is 0. The number of ether oxygens (including phenoxy) is 1. The van der Waals surface area contributed by atoms with Crippen LogP contribution in [0.25, 0.3) is 0 Å². The van der Waals surface area contributed by atoms with Crippen molar-refractivity contribution in [1.29, 1.82) is 0 Å². The van der Waals surface area contributed by atoms with Gasteiger partial charge in [-0.2, -0.15) is 0 Å². The lowest BCUT2D eigenvalue weighted by atomic mass is 10.3. The summed E-state index contributed by atoms with van der Waals surface area (Å²) in [5, 5.41) is 13.1. The van der Waals surface area contributed by atoms with Crippen LogP contribution in [0, 0.1) is 0 Å². The second-order valence-electron chi connectivity index (χ2n) is 3.66. The number of hydrogen-bond donors (Lipinski definition) is 2. The number of anilines is 1. The lowest BCUT2D eigenvalue weighted by molar-refractivity contribution is 0.345. The summed E-state index contributed by atoms with van der Waals surface area (Å²) in [5.74, 6) is 0.549. The van der Waals surface area contributed by atoms with Gasteiger partial charge in [0.2, 0.25) is 0 Å². The Morgan fingerprint density at radius 1 is 1.05 bits per heavy atom. The Kier molecular flexibility index (Phi) is 4.64. The molecule has 0 amide bonds. The summed E-state index contributed by atoms with van der Waals surface area (Å²) in [4.78, 5) is 0. The summed E-state index contributed by atoms with van der Waals surface area (Å²) in [6, 6.07) is 10.8. The van der Waals surface area contributed by atoms with Crippen molar-refractivity contribution in [3.63, 3.8) is 0 Å². The molecule has 0 spiro atoms. The fraction of sp³-hybridized carbons (Fsp3) is 0.0769. The van der Waals surface area contributed by atoms with E-state index < -0.39 is 0 Å². The first kappa shape index (κ1) is 14.1. The molecule has 0 saturated heterocycles. The molecule has 0 aliphatic heterocycles. The van der Waals surface area contributed by atoms with Crippen LogP contribution in [0.3, 0.4) is 0 Å². The molecule has 6 heteroatoms. The summed E-state index contributed by atoms with van der Waals surface area (Å²) in [7, 11) is 0. The van der Waals surface area contributed by atoms with Crippen LogP contribution in [0.15, 0.2) is 36.4 Å². The zero-order chi connectivity index (χ0) is 13.8. The van der Waals surface area contributed by atoms with Crippen LogP contribution in [0.1, 0.15) is 0 Å². The van der Waals surface area contributed by atoms with Crippen molar-refractivity contribution in [2.75, 3.05) is 12.0 Å². The predicted molar refractivity (Wildman–Crippen MR) is 78.7 cm³/mol. The first-order valence-electron chi connectivity index (χ1n) is 5.37. The van der Waals surface area contributed by atoms with Gasteiger partial charge in [-0.1, -0.05) is 53.0 Å². The molecule has 0 heterocycles. The molecule has 3 nitrogen and oxygen atoms in total. The van der Waals surface area contributed by atoms with Crippen molar-refractivity contribution in [3.8, 4) is 11.5 Å². The van der Waals surface area contributed by atoms with E-state index in [4.69, 9.17) is 39.5 Å². The second-order valence-corrected chi connectivity index (χ2v) is 4.82. The number of rotatable bonds is 4. The van der Waals surface area contributed by atoms with Gasteiger partial charge in [0.05, 0.1) is 15.7 Å². The maximum absolute atomic E-state index is 9.81. The highest BCUT2D eigenvalue weighted by Crippen LogP contribution is 2.42. The van der Waals surface area contributed by atoms with Crippen LogP contribution >= 0.6 is 34.8 Å². The van der Waals surface area contributed by atoms with Gasteiger partial charge in [0.15, 0.2) is 12.5 Å². The average molecular weight is 319 g/mol. The van der Waals surface area contributed by atoms with Gasteiger partial charge in [-0.05, 0) is 18.2 Å². The molecule has 2 aromatic carbocycles. The molecule has 0 bridgehead atoms. The maximum atomic E-state index is 9.81. The maximum Gasteiger partial charge on any atom is 0.159 e. The highest BCUT2D eigenvalue weighted by molar-refractivity contribution is 6.49. The fourth-order valence-corrected chi connectivity index (χ4v) is 2.03. The molecule has 0 fully saturated rings. The monoisotopic (exact) mass is 317 g/mol. The number of nitrogens with one attached hydrogen (secondary N) is 1. The second kappa shape index (κ2) is 6.24. The molecule has 2 aromatic rings. The van der Waals surface area contributed by atoms with E-state index >= 15 is 0 Å². The smallest absolute Gasteiger partial charge is 0.159 e. The van der Waals surface area contributed by atoms with Crippen LogP contribution in [-0.4, -0.2) is 11.8 Å². The number of benzene rings is 2. The van der Waals surface area contributed by atoms with Crippen LogP contribution in [0.4, 0.5) is 5.69 Å².